The molecule has 0 saturated carbocycles. The van der Waals surface area contributed by atoms with Gasteiger partial charge in [0.15, 0.2) is 0 Å². The molecular weight excluding hydrogens is 528 g/mol. The molecule has 0 bridgehead atoms. The summed E-state index contributed by atoms with van der Waals surface area (Å²) in [4.78, 5) is 0. The predicted molar refractivity (Wildman–Crippen MR) is 35.2 cm³/mol. The Morgan fingerprint density at radius 1 is 1.56 bits per heavy atom. The van der Waals surface area contributed by atoms with Gasteiger partial charge in [0.25, 0.3) is 0 Å². The Hall–Kier alpha value is 1.92. The fourth-order valence-corrected chi connectivity index (χ4v) is 2.55. The molecule has 0 aliphatic carbocycles. The molecule has 0 aromatic rings. The molecule has 1 fully saturated rings. The summed E-state index contributed by atoms with van der Waals surface area (Å²) in [6.45, 7) is 1.08. The van der Waals surface area contributed by atoms with E-state index in [0.717, 1.165) is 6.54 Å². The van der Waals surface area contributed by atoms with Crippen LogP contribution < -0.4 is 0 Å². The van der Waals surface area contributed by atoms with E-state index in [-0.39, 0.29) is 31.1 Å². The number of nitrogens with zero attached hydrogens (tertiary/aromatic N) is 1. The first-order valence-corrected chi connectivity index (χ1v) is 5.30. The fourth-order valence-electron chi connectivity index (χ4n) is 0.575. The number of hydrogen-bond donors (Lipinski definition) is 0. The van der Waals surface area contributed by atoms with Gasteiger partial charge in [-0.15, -0.1) is 0 Å². The monoisotopic (exact) mass is 536 g/mol. The van der Waals surface area contributed by atoms with Crippen molar-refractivity contribution in [3.63, 3.8) is 0 Å². The maximum absolute atomic E-state index is 4.36. The SMILES string of the molecule is [U].[W]=[C]1CSCCC[N-]1. The van der Waals surface area contributed by atoms with E-state index in [2.05, 4.69) is 5.32 Å². The van der Waals surface area contributed by atoms with Crippen LogP contribution in [0.4, 0.5) is 0 Å². The molecule has 0 atom stereocenters. The molecule has 1 aliphatic rings. The molecule has 50 valence electrons. The van der Waals surface area contributed by atoms with E-state index in [1.165, 1.54) is 21.9 Å². The van der Waals surface area contributed by atoms with Crippen LogP contribution in [0.15, 0.2) is 0 Å². The molecular formula is C5H8NSUW-. The van der Waals surface area contributed by atoms with Gasteiger partial charge < -0.3 is 0 Å². The van der Waals surface area contributed by atoms with Crippen molar-refractivity contribution in [1.29, 1.82) is 0 Å². The van der Waals surface area contributed by atoms with Crippen molar-refractivity contribution in [2.24, 2.45) is 0 Å². The van der Waals surface area contributed by atoms with Gasteiger partial charge >= 0.3 is 64.9 Å². The Kier molecular flexibility index (Phi) is 8.03. The van der Waals surface area contributed by atoms with Crippen LogP contribution in [0.25, 0.3) is 5.32 Å². The Morgan fingerprint density at radius 3 is 3.11 bits per heavy atom. The first-order chi connectivity index (χ1) is 3.89. The van der Waals surface area contributed by atoms with Gasteiger partial charge in [0.1, 0.15) is 0 Å². The van der Waals surface area contributed by atoms with Crippen molar-refractivity contribution >= 4 is 15.8 Å². The summed E-state index contributed by atoms with van der Waals surface area (Å²) in [7, 11) is 0. The molecule has 1 nitrogen and oxygen atoms in total. The van der Waals surface area contributed by atoms with E-state index in [1.807, 2.05) is 11.8 Å². The molecule has 0 aromatic carbocycles. The number of rotatable bonds is 0. The third-order valence-corrected chi connectivity index (χ3v) is 3.72. The summed E-state index contributed by atoms with van der Waals surface area (Å²) in [5.74, 6) is 2.50. The molecule has 1 heterocycles. The van der Waals surface area contributed by atoms with Crippen molar-refractivity contribution in [3.8, 4) is 0 Å². The molecule has 0 amide bonds. The van der Waals surface area contributed by atoms with Crippen LogP contribution in [0.1, 0.15) is 6.42 Å². The van der Waals surface area contributed by atoms with E-state index in [0.29, 0.717) is 0 Å². The Labute approximate surface area is 94.9 Å². The first kappa shape index (κ1) is 10.9. The van der Waals surface area contributed by atoms with Crippen molar-refractivity contribution in [1.82, 2.24) is 0 Å². The summed E-state index contributed by atoms with van der Waals surface area (Å²) in [5, 5.41) is 4.36. The molecule has 0 aromatic heterocycles. The second-order valence-electron chi connectivity index (χ2n) is 1.68. The average Bonchev–Trinajstić information content (AvgIpc) is 1.94. The van der Waals surface area contributed by atoms with E-state index >= 15 is 0 Å². The van der Waals surface area contributed by atoms with Gasteiger partial charge in [-0.05, 0) is 0 Å². The molecule has 1 saturated heterocycles. The van der Waals surface area contributed by atoms with Crippen LogP contribution in [0.3, 0.4) is 0 Å². The van der Waals surface area contributed by atoms with Crippen LogP contribution in [0.2, 0.25) is 0 Å². The third-order valence-electron chi connectivity index (χ3n) is 0.960. The minimum atomic E-state index is 0. The second-order valence-corrected chi connectivity index (χ2v) is 4.48. The molecule has 0 radical (unpaired) electrons. The molecule has 0 unspecified atom stereocenters. The molecule has 0 N–H and O–H groups in total. The number of thioether (sulfide) groups is 1. The molecule has 1 aliphatic heterocycles. The van der Waals surface area contributed by atoms with Crippen LogP contribution in [0.5, 0.6) is 0 Å². The summed E-state index contributed by atoms with van der Waals surface area (Å²) in [6, 6.07) is 0. The second kappa shape index (κ2) is 6.62. The van der Waals surface area contributed by atoms with Crippen LogP contribution in [0, 0.1) is 31.1 Å². The molecule has 9 heavy (non-hydrogen) atoms. The van der Waals surface area contributed by atoms with Crippen LogP contribution >= 0.6 is 11.8 Å². The fraction of sp³-hybridized carbons (Fsp3) is 0.800. The standard InChI is InChI=1S/C5H8NS.U.W/c1-2-6-3-5-7-4-1;;/h1-2,4-5H2;;/q-1;;. The zero-order chi connectivity index (χ0) is 5.82. The first-order valence-electron chi connectivity index (χ1n) is 2.67. The Morgan fingerprint density at radius 2 is 2.33 bits per heavy atom. The predicted octanol–water partition coefficient (Wildman–Crippen LogP) is 1.17. The van der Waals surface area contributed by atoms with Gasteiger partial charge in [-0.1, -0.05) is 0 Å². The van der Waals surface area contributed by atoms with Crippen LogP contribution in [-0.2, 0) is 19.4 Å². The van der Waals surface area contributed by atoms with Gasteiger partial charge in [-0.2, -0.15) is 0 Å². The molecule has 4 heteroatoms. The average molecular weight is 536 g/mol. The van der Waals surface area contributed by atoms with Crippen molar-refractivity contribution < 1.29 is 50.5 Å². The zero-order valence-corrected chi connectivity index (χ0v) is 13.0. The molecule has 0 spiro atoms. The van der Waals surface area contributed by atoms with E-state index in [1.54, 1.807) is 19.4 Å². The Bertz CT molecular complexity index is 89.0. The van der Waals surface area contributed by atoms with E-state index in [9.17, 15) is 0 Å². The summed E-state index contributed by atoms with van der Waals surface area (Å²) in [6.07, 6.45) is 1.28. The third kappa shape index (κ3) is 5.22. The van der Waals surface area contributed by atoms with Crippen molar-refractivity contribution in [2.75, 3.05) is 18.1 Å². The van der Waals surface area contributed by atoms with Gasteiger partial charge in [-0.25, -0.2) is 0 Å². The van der Waals surface area contributed by atoms with Gasteiger partial charge in [0, 0.05) is 31.1 Å². The van der Waals surface area contributed by atoms with Gasteiger partial charge in [-0.3, -0.25) is 0 Å². The topological polar surface area (TPSA) is 14.1 Å². The Balaban J connectivity index is 0.000000640. The van der Waals surface area contributed by atoms with E-state index in [4.69, 9.17) is 0 Å². The quantitative estimate of drug-likeness (QED) is 0.454. The van der Waals surface area contributed by atoms with Crippen LogP contribution in [-0.4, -0.2) is 22.1 Å². The van der Waals surface area contributed by atoms with Crippen molar-refractivity contribution in [2.45, 2.75) is 6.42 Å². The summed E-state index contributed by atoms with van der Waals surface area (Å²) >= 11 is 3.56. The molecule has 1 rings (SSSR count). The van der Waals surface area contributed by atoms with Gasteiger partial charge in [0.05, 0.1) is 0 Å². The summed E-state index contributed by atoms with van der Waals surface area (Å²) < 4.78 is 1.40. The normalized spacial score (nSPS) is 20.2. The van der Waals surface area contributed by atoms with Gasteiger partial charge in [0.2, 0.25) is 0 Å². The van der Waals surface area contributed by atoms with Crippen molar-refractivity contribution in [3.05, 3.63) is 5.32 Å². The van der Waals surface area contributed by atoms with E-state index < -0.39 is 0 Å². The maximum atomic E-state index is 4.36. The summed E-state index contributed by atoms with van der Waals surface area (Å²) in [5.41, 5.74) is 0. The zero-order valence-electron chi connectivity index (χ0n) is 5.09. The minimum absolute atomic E-state index is 0. The number of hydrogen-bond acceptors (Lipinski definition) is 1.